The Labute approximate surface area is 108 Å². The molecule has 0 bridgehead atoms. The molecule has 0 aromatic heterocycles. The van der Waals surface area contributed by atoms with E-state index in [4.69, 9.17) is 5.73 Å². The van der Waals surface area contributed by atoms with Crippen molar-refractivity contribution in [1.82, 2.24) is 0 Å². The van der Waals surface area contributed by atoms with E-state index in [1.54, 1.807) is 6.07 Å². The molecule has 0 heterocycles. The summed E-state index contributed by atoms with van der Waals surface area (Å²) >= 11 is 0. The number of hydrogen-bond donors (Lipinski definition) is 1. The Morgan fingerprint density at radius 3 is 2.56 bits per heavy atom. The molecule has 0 saturated carbocycles. The van der Waals surface area contributed by atoms with Crippen LogP contribution in [0.15, 0.2) is 18.2 Å². The van der Waals surface area contributed by atoms with E-state index >= 15 is 0 Å². The smallest absolute Gasteiger partial charge is 0.154 e. The highest BCUT2D eigenvalue weighted by Crippen LogP contribution is 2.15. The predicted molar refractivity (Wildman–Crippen MR) is 71.2 cm³/mol. The van der Waals surface area contributed by atoms with E-state index in [0.717, 1.165) is 5.56 Å². The number of sulfone groups is 1. The van der Waals surface area contributed by atoms with Crippen LogP contribution >= 0.6 is 0 Å². The standard InChI is InChI=1S/C13H20FNO2S/c1-10(2)5-6-18(16,17)9-12-7-11(8-15)3-4-13(12)14/h3-4,7,10H,5-6,8-9,15H2,1-2H3. The highest BCUT2D eigenvalue weighted by molar-refractivity contribution is 7.90. The van der Waals surface area contributed by atoms with Gasteiger partial charge in [0.25, 0.3) is 0 Å². The van der Waals surface area contributed by atoms with Gasteiger partial charge in [-0.2, -0.15) is 0 Å². The van der Waals surface area contributed by atoms with Crippen molar-refractivity contribution >= 4 is 9.84 Å². The summed E-state index contributed by atoms with van der Waals surface area (Å²) in [6.07, 6.45) is 0.598. The van der Waals surface area contributed by atoms with Crippen LogP contribution in [0.25, 0.3) is 0 Å². The van der Waals surface area contributed by atoms with Gasteiger partial charge in [-0.05, 0) is 24.0 Å². The largest absolute Gasteiger partial charge is 0.326 e. The highest BCUT2D eigenvalue weighted by atomic mass is 32.2. The molecule has 0 saturated heterocycles. The van der Waals surface area contributed by atoms with Crippen molar-refractivity contribution in [3.8, 4) is 0 Å². The van der Waals surface area contributed by atoms with Crippen molar-refractivity contribution in [2.24, 2.45) is 11.7 Å². The van der Waals surface area contributed by atoms with E-state index in [9.17, 15) is 12.8 Å². The van der Waals surface area contributed by atoms with E-state index < -0.39 is 15.7 Å². The Kier molecular flexibility index (Phi) is 5.28. The second-order valence-electron chi connectivity index (χ2n) is 4.90. The molecule has 102 valence electrons. The summed E-state index contributed by atoms with van der Waals surface area (Å²) < 4.78 is 37.2. The minimum absolute atomic E-state index is 0.0942. The summed E-state index contributed by atoms with van der Waals surface area (Å²) in [5.74, 6) is -0.323. The van der Waals surface area contributed by atoms with Gasteiger partial charge < -0.3 is 5.73 Å². The summed E-state index contributed by atoms with van der Waals surface area (Å²) in [5.41, 5.74) is 6.41. The average Bonchev–Trinajstić information content (AvgIpc) is 2.29. The van der Waals surface area contributed by atoms with E-state index in [-0.39, 0.29) is 23.6 Å². The highest BCUT2D eigenvalue weighted by Gasteiger charge is 2.15. The molecule has 0 amide bonds. The first-order valence-corrected chi connectivity index (χ1v) is 7.84. The monoisotopic (exact) mass is 273 g/mol. The van der Waals surface area contributed by atoms with Crippen LogP contribution < -0.4 is 5.73 Å². The summed E-state index contributed by atoms with van der Waals surface area (Å²) in [6, 6.07) is 4.37. The van der Waals surface area contributed by atoms with Gasteiger partial charge in [0, 0.05) is 12.1 Å². The summed E-state index contributed by atoms with van der Waals surface area (Å²) in [7, 11) is -3.26. The normalized spacial score (nSPS) is 12.1. The van der Waals surface area contributed by atoms with Gasteiger partial charge in [-0.25, -0.2) is 12.8 Å². The minimum Gasteiger partial charge on any atom is -0.326 e. The van der Waals surface area contributed by atoms with Gasteiger partial charge in [-0.3, -0.25) is 0 Å². The van der Waals surface area contributed by atoms with Gasteiger partial charge in [-0.1, -0.05) is 26.0 Å². The molecular formula is C13H20FNO2S. The first-order valence-electron chi connectivity index (χ1n) is 6.02. The number of halogens is 1. The molecule has 18 heavy (non-hydrogen) atoms. The molecule has 3 nitrogen and oxygen atoms in total. The SMILES string of the molecule is CC(C)CCS(=O)(=O)Cc1cc(CN)ccc1F. The topological polar surface area (TPSA) is 60.2 Å². The fourth-order valence-electron chi connectivity index (χ4n) is 1.59. The van der Waals surface area contributed by atoms with E-state index in [2.05, 4.69) is 0 Å². The summed E-state index contributed by atoms with van der Waals surface area (Å²) in [4.78, 5) is 0. The van der Waals surface area contributed by atoms with Crippen LogP contribution in [0, 0.1) is 11.7 Å². The molecule has 0 fully saturated rings. The van der Waals surface area contributed by atoms with Crippen LogP contribution in [0.1, 0.15) is 31.4 Å². The second-order valence-corrected chi connectivity index (χ2v) is 7.09. The minimum atomic E-state index is -3.26. The molecular weight excluding hydrogens is 253 g/mol. The van der Waals surface area contributed by atoms with Gasteiger partial charge in [0.05, 0.1) is 11.5 Å². The van der Waals surface area contributed by atoms with Crippen molar-refractivity contribution < 1.29 is 12.8 Å². The third-order valence-corrected chi connectivity index (χ3v) is 4.34. The lowest BCUT2D eigenvalue weighted by atomic mass is 10.1. The Balaban J connectivity index is 2.83. The Morgan fingerprint density at radius 2 is 2.00 bits per heavy atom. The Morgan fingerprint density at radius 1 is 1.33 bits per heavy atom. The zero-order chi connectivity index (χ0) is 13.8. The fourth-order valence-corrected chi connectivity index (χ4v) is 3.26. The van der Waals surface area contributed by atoms with Crippen molar-refractivity contribution in [3.63, 3.8) is 0 Å². The molecule has 0 aliphatic rings. The molecule has 2 N–H and O–H groups in total. The lowest BCUT2D eigenvalue weighted by molar-refractivity contribution is 0.569. The third-order valence-electron chi connectivity index (χ3n) is 2.73. The molecule has 5 heteroatoms. The van der Waals surface area contributed by atoms with E-state index in [1.807, 2.05) is 13.8 Å². The first-order chi connectivity index (χ1) is 8.34. The van der Waals surface area contributed by atoms with Crippen LogP contribution in [0.2, 0.25) is 0 Å². The Bertz CT molecular complexity index is 498. The van der Waals surface area contributed by atoms with E-state index in [0.29, 0.717) is 12.3 Å². The zero-order valence-corrected chi connectivity index (χ0v) is 11.6. The molecule has 1 aromatic rings. The van der Waals surface area contributed by atoms with Crippen LogP contribution in [0.5, 0.6) is 0 Å². The molecule has 0 spiro atoms. The van der Waals surface area contributed by atoms with Crippen LogP contribution in [-0.4, -0.2) is 14.2 Å². The molecule has 1 aromatic carbocycles. The summed E-state index contributed by atoms with van der Waals surface area (Å²) in [5, 5.41) is 0. The van der Waals surface area contributed by atoms with Gasteiger partial charge in [0.2, 0.25) is 0 Å². The van der Waals surface area contributed by atoms with Gasteiger partial charge >= 0.3 is 0 Å². The third kappa shape index (κ3) is 4.74. The molecule has 0 radical (unpaired) electrons. The van der Waals surface area contributed by atoms with Crippen LogP contribution in [0.3, 0.4) is 0 Å². The Hall–Kier alpha value is -0.940. The van der Waals surface area contributed by atoms with Crippen molar-refractivity contribution in [3.05, 3.63) is 35.1 Å². The second kappa shape index (κ2) is 6.29. The summed E-state index contributed by atoms with van der Waals surface area (Å²) in [6.45, 7) is 4.20. The maximum atomic E-state index is 13.5. The van der Waals surface area contributed by atoms with Crippen LogP contribution in [-0.2, 0) is 22.1 Å². The maximum absolute atomic E-state index is 13.5. The maximum Gasteiger partial charge on any atom is 0.154 e. The zero-order valence-electron chi connectivity index (χ0n) is 10.8. The number of rotatable bonds is 6. The van der Waals surface area contributed by atoms with Crippen molar-refractivity contribution in [1.29, 1.82) is 0 Å². The van der Waals surface area contributed by atoms with Crippen molar-refractivity contribution in [2.75, 3.05) is 5.75 Å². The number of hydrogen-bond acceptors (Lipinski definition) is 3. The lowest BCUT2D eigenvalue weighted by Gasteiger charge is -2.08. The van der Waals surface area contributed by atoms with E-state index in [1.165, 1.54) is 12.1 Å². The first kappa shape index (κ1) is 15.1. The lowest BCUT2D eigenvalue weighted by Crippen LogP contribution is -2.12. The fraction of sp³-hybridized carbons (Fsp3) is 0.538. The molecule has 1 rings (SSSR count). The quantitative estimate of drug-likeness (QED) is 0.864. The number of nitrogens with two attached hydrogens (primary N) is 1. The molecule has 0 aliphatic heterocycles. The molecule has 0 aliphatic carbocycles. The van der Waals surface area contributed by atoms with Crippen molar-refractivity contribution in [2.45, 2.75) is 32.6 Å². The van der Waals surface area contributed by atoms with Gasteiger partial charge in [-0.15, -0.1) is 0 Å². The molecule has 0 atom stereocenters. The number of benzene rings is 1. The van der Waals surface area contributed by atoms with Gasteiger partial charge in [0.1, 0.15) is 5.82 Å². The molecule has 0 unspecified atom stereocenters. The van der Waals surface area contributed by atoms with Crippen LogP contribution in [0.4, 0.5) is 4.39 Å². The average molecular weight is 273 g/mol. The predicted octanol–water partition coefficient (Wildman–Crippen LogP) is 2.25. The van der Waals surface area contributed by atoms with Gasteiger partial charge in [0.15, 0.2) is 9.84 Å².